The molecule has 0 aromatic heterocycles. The molecule has 6 nitrogen and oxygen atoms in total. The van der Waals surface area contributed by atoms with Crippen LogP contribution < -0.4 is 19.7 Å². The summed E-state index contributed by atoms with van der Waals surface area (Å²) in [6, 6.07) is 19.9. The Kier molecular flexibility index (Phi) is 5.69. The van der Waals surface area contributed by atoms with E-state index in [1.807, 2.05) is 56.3 Å². The number of benzene rings is 3. The van der Waals surface area contributed by atoms with Gasteiger partial charge in [0.2, 0.25) is 0 Å². The van der Waals surface area contributed by atoms with Crippen molar-refractivity contribution >= 4 is 28.8 Å². The van der Waals surface area contributed by atoms with Crippen molar-refractivity contribution in [3.05, 3.63) is 89.1 Å². The molecule has 0 saturated heterocycles. The molecule has 1 N–H and O–H groups in total. The van der Waals surface area contributed by atoms with Crippen LogP contribution in [-0.4, -0.2) is 26.0 Å². The van der Waals surface area contributed by atoms with Gasteiger partial charge < -0.3 is 14.8 Å². The van der Waals surface area contributed by atoms with Crippen LogP contribution in [0.25, 0.3) is 5.57 Å². The van der Waals surface area contributed by atoms with Crippen LogP contribution in [0.4, 0.5) is 11.4 Å². The summed E-state index contributed by atoms with van der Waals surface area (Å²) in [7, 11) is 3.11. The highest BCUT2D eigenvalue weighted by molar-refractivity contribution is 6.46. The quantitative estimate of drug-likeness (QED) is 0.576. The van der Waals surface area contributed by atoms with Crippen molar-refractivity contribution in [2.75, 3.05) is 24.4 Å². The Hall–Kier alpha value is -4.06. The predicted molar refractivity (Wildman–Crippen MR) is 125 cm³/mol. The highest BCUT2D eigenvalue weighted by Crippen LogP contribution is 2.37. The summed E-state index contributed by atoms with van der Waals surface area (Å²) in [5, 5.41) is 3.15. The van der Waals surface area contributed by atoms with E-state index in [2.05, 4.69) is 5.32 Å². The molecule has 2 amide bonds. The van der Waals surface area contributed by atoms with Crippen molar-refractivity contribution in [3.63, 3.8) is 0 Å². The Bertz CT molecular complexity index is 1230. The molecule has 4 rings (SSSR count). The van der Waals surface area contributed by atoms with Crippen molar-refractivity contribution in [2.24, 2.45) is 0 Å². The molecule has 162 valence electrons. The molecule has 3 aromatic rings. The monoisotopic (exact) mass is 428 g/mol. The predicted octanol–water partition coefficient (Wildman–Crippen LogP) is 4.72. The van der Waals surface area contributed by atoms with E-state index in [0.29, 0.717) is 34.0 Å². The van der Waals surface area contributed by atoms with Gasteiger partial charge in [0.25, 0.3) is 11.8 Å². The third kappa shape index (κ3) is 3.71. The van der Waals surface area contributed by atoms with Crippen molar-refractivity contribution < 1.29 is 19.1 Å². The summed E-state index contributed by atoms with van der Waals surface area (Å²) in [5.41, 5.74) is 4.29. The fourth-order valence-electron chi connectivity index (χ4n) is 3.66. The topological polar surface area (TPSA) is 67.9 Å². The zero-order chi connectivity index (χ0) is 22.8. The number of aryl methyl sites for hydroxylation is 2. The van der Waals surface area contributed by atoms with Crippen molar-refractivity contribution in [1.82, 2.24) is 0 Å². The molecular formula is C26H24N2O4. The van der Waals surface area contributed by atoms with Gasteiger partial charge in [-0.25, -0.2) is 4.90 Å². The summed E-state index contributed by atoms with van der Waals surface area (Å²) in [4.78, 5) is 28.3. The molecular weight excluding hydrogens is 404 g/mol. The van der Waals surface area contributed by atoms with E-state index in [1.165, 1.54) is 4.90 Å². The molecule has 0 spiro atoms. The summed E-state index contributed by atoms with van der Waals surface area (Å²) in [6.07, 6.45) is 0. The number of ether oxygens (including phenoxy) is 2. The molecule has 0 aliphatic carbocycles. The zero-order valence-electron chi connectivity index (χ0n) is 18.4. The van der Waals surface area contributed by atoms with Gasteiger partial charge >= 0.3 is 0 Å². The van der Waals surface area contributed by atoms with Crippen molar-refractivity contribution in [3.8, 4) is 11.5 Å². The second kappa shape index (κ2) is 8.59. The first-order valence-corrected chi connectivity index (χ1v) is 10.2. The molecule has 6 heteroatoms. The third-order valence-electron chi connectivity index (χ3n) is 5.56. The maximum Gasteiger partial charge on any atom is 0.282 e. The van der Waals surface area contributed by atoms with E-state index in [0.717, 1.165) is 11.1 Å². The molecule has 3 aromatic carbocycles. The number of methoxy groups -OCH3 is 2. The number of carbonyl (C=O) groups is 2. The Labute approximate surface area is 187 Å². The van der Waals surface area contributed by atoms with Gasteiger partial charge in [-0.2, -0.15) is 0 Å². The van der Waals surface area contributed by atoms with Gasteiger partial charge in [0, 0.05) is 6.07 Å². The minimum Gasteiger partial charge on any atom is -0.497 e. The Balaban J connectivity index is 1.84. The van der Waals surface area contributed by atoms with Crippen LogP contribution >= 0.6 is 0 Å². The third-order valence-corrected chi connectivity index (χ3v) is 5.56. The van der Waals surface area contributed by atoms with Gasteiger partial charge in [0.1, 0.15) is 17.2 Å². The smallest absolute Gasteiger partial charge is 0.282 e. The molecule has 1 aliphatic rings. The molecule has 0 fully saturated rings. The van der Waals surface area contributed by atoms with Gasteiger partial charge in [-0.1, -0.05) is 36.4 Å². The molecule has 32 heavy (non-hydrogen) atoms. The van der Waals surface area contributed by atoms with Crippen LogP contribution in [0.3, 0.4) is 0 Å². The lowest BCUT2D eigenvalue weighted by Gasteiger charge is -2.17. The highest BCUT2D eigenvalue weighted by Gasteiger charge is 2.40. The van der Waals surface area contributed by atoms with Crippen LogP contribution in [0.15, 0.2) is 72.4 Å². The molecule has 0 atom stereocenters. The van der Waals surface area contributed by atoms with E-state index in [1.54, 1.807) is 38.5 Å². The lowest BCUT2D eigenvalue weighted by molar-refractivity contribution is -0.120. The normalized spacial score (nSPS) is 13.6. The Morgan fingerprint density at radius 3 is 2.19 bits per heavy atom. The van der Waals surface area contributed by atoms with Gasteiger partial charge in [0.05, 0.1) is 31.2 Å². The first kappa shape index (κ1) is 21.2. The molecule has 1 heterocycles. The van der Waals surface area contributed by atoms with Crippen molar-refractivity contribution in [2.45, 2.75) is 13.8 Å². The number of hydrogen-bond acceptors (Lipinski definition) is 5. The van der Waals surface area contributed by atoms with E-state index in [4.69, 9.17) is 9.47 Å². The highest BCUT2D eigenvalue weighted by atomic mass is 16.5. The van der Waals surface area contributed by atoms with Gasteiger partial charge in [0.15, 0.2) is 0 Å². The van der Waals surface area contributed by atoms with Crippen LogP contribution in [0.2, 0.25) is 0 Å². The molecule has 0 saturated carbocycles. The first-order chi connectivity index (χ1) is 15.4. The zero-order valence-corrected chi connectivity index (χ0v) is 18.4. The fourth-order valence-corrected chi connectivity index (χ4v) is 3.66. The number of anilines is 2. The minimum absolute atomic E-state index is 0.186. The first-order valence-electron chi connectivity index (χ1n) is 10.2. The van der Waals surface area contributed by atoms with Crippen LogP contribution in [-0.2, 0) is 9.59 Å². The maximum atomic E-state index is 13.6. The molecule has 0 radical (unpaired) electrons. The summed E-state index contributed by atoms with van der Waals surface area (Å²) < 4.78 is 10.8. The lowest BCUT2D eigenvalue weighted by Crippen LogP contribution is -2.32. The van der Waals surface area contributed by atoms with Crippen LogP contribution in [0, 0.1) is 13.8 Å². The number of nitrogens with zero attached hydrogens (tertiary/aromatic N) is 1. The van der Waals surface area contributed by atoms with E-state index < -0.39 is 5.91 Å². The number of amides is 2. The largest absolute Gasteiger partial charge is 0.497 e. The standard InChI is InChI=1S/C26H24N2O4/c1-16-10-11-19(14-17(16)2)28-25(29)23(18-8-6-5-7-9-18)24(26(28)30)27-21-15-20(31-3)12-13-22(21)32-4/h5-15,27H,1-4H3. The van der Waals surface area contributed by atoms with Crippen LogP contribution in [0.1, 0.15) is 16.7 Å². The fraction of sp³-hybridized carbons (Fsp3) is 0.154. The van der Waals surface area contributed by atoms with Gasteiger partial charge in [-0.3, -0.25) is 9.59 Å². The molecule has 1 aliphatic heterocycles. The van der Waals surface area contributed by atoms with Crippen LogP contribution in [0.5, 0.6) is 11.5 Å². The molecule has 0 bridgehead atoms. The Morgan fingerprint density at radius 2 is 1.53 bits per heavy atom. The van der Waals surface area contributed by atoms with Gasteiger partial charge in [-0.15, -0.1) is 0 Å². The summed E-state index contributed by atoms with van der Waals surface area (Å²) in [5.74, 6) is 0.310. The maximum absolute atomic E-state index is 13.6. The number of hydrogen-bond donors (Lipinski definition) is 1. The second-order valence-electron chi connectivity index (χ2n) is 7.52. The number of nitrogens with one attached hydrogen (secondary N) is 1. The SMILES string of the molecule is COc1ccc(OC)c(NC2=C(c3ccccc3)C(=O)N(c3ccc(C)c(C)c3)C2=O)c1. The van der Waals surface area contributed by atoms with E-state index in [-0.39, 0.29) is 11.6 Å². The minimum atomic E-state index is -0.429. The van der Waals surface area contributed by atoms with E-state index in [9.17, 15) is 9.59 Å². The average Bonchev–Trinajstić information content (AvgIpc) is 3.05. The molecule has 0 unspecified atom stereocenters. The second-order valence-corrected chi connectivity index (χ2v) is 7.52. The number of rotatable bonds is 6. The van der Waals surface area contributed by atoms with Gasteiger partial charge in [-0.05, 0) is 54.8 Å². The lowest BCUT2D eigenvalue weighted by atomic mass is 10.0. The summed E-state index contributed by atoms with van der Waals surface area (Å²) in [6.45, 7) is 3.94. The van der Waals surface area contributed by atoms with Crippen molar-refractivity contribution in [1.29, 1.82) is 0 Å². The van der Waals surface area contributed by atoms with E-state index >= 15 is 0 Å². The number of imide groups is 1. The average molecular weight is 428 g/mol. The summed E-state index contributed by atoms with van der Waals surface area (Å²) >= 11 is 0. The Morgan fingerprint density at radius 1 is 0.781 bits per heavy atom. The number of carbonyl (C=O) groups excluding carboxylic acids is 2.